The maximum Gasteiger partial charge on any atom is 0.160 e. The Morgan fingerprint density at radius 3 is 3.00 bits per heavy atom. The number of nitro groups is 1. The van der Waals surface area contributed by atoms with Crippen molar-refractivity contribution in [2.24, 2.45) is 0 Å². The Bertz CT molecular complexity index is 719. The molecule has 1 aromatic heterocycles. The second kappa shape index (κ2) is 3.98. The Morgan fingerprint density at radius 2 is 2.20 bits per heavy atom. The average molecular weight is 271 g/mol. The van der Waals surface area contributed by atoms with Crippen LogP contribution in [0.1, 0.15) is 35.7 Å². The van der Waals surface area contributed by atoms with E-state index in [1.165, 1.54) is 32.7 Å². The average Bonchev–Trinajstić information content (AvgIpc) is 2.75. The number of hydrogen-bond acceptors (Lipinski definition) is 2. The van der Waals surface area contributed by atoms with E-state index in [0.717, 1.165) is 19.3 Å². The minimum Gasteiger partial charge on any atom is -0.340 e. The van der Waals surface area contributed by atoms with Gasteiger partial charge in [-0.05, 0) is 43.9 Å². The van der Waals surface area contributed by atoms with Gasteiger partial charge in [0, 0.05) is 17.4 Å². The normalized spacial score (nSPS) is 21.1. The lowest BCUT2D eigenvalue weighted by molar-refractivity contribution is -0.668. The van der Waals surface area contributed by atoms with E-state index in [2.05, 4.69) is 29.7 Å². The van der Waals surface area contributed by atoms with Gasteiger partial charge < -0.3 is 4.57 Å². The van der Waals surface area contributed by atoms with Crippen molar-refractivity contribution >= 4 is 10.9 Å². The first-order chi connectivity index (χ1) is 9.66. The molecular weight excluding hydrogens is 254 g/mol. The first kappa shape index (κ1) is 11.8. The molecule has 0 radical (unpaired) electrons. The zero-order valence-electron chi connectivity index (χ0n) is 11.5. The van der Waals surface area contributed by atoms with Crippen LogP contribution in [0.5, 0.6) is 0 Å². The molecule has 0 saturated carbocycles. The molecule has 4 rings (SSSR count). The molecule has 1 unspecified atom stereocenters. The lowest BCUT2D eigenvalue weighted by Gasteiger charge is -2.34. The second-order valence-electron chi connectivity index (χ2n) is 5.84. The molecule has 0 saturated heterocycles. The number of fused-ring (bicyclic) bond motifs is 3. The number of aryl methyl sites for hydroxylation is 2. The molecule has 2 heterocycles. The molecule has 104 valence electrons. The number of benzene rings is 1. The van der Waals surface area contributed by atoms with Crippen LogP contribution >= 0.6 is 0 Å². The van der Waals surface area contributed by atoms with E-state index in [9.17, 15) is 10.1 Å². The van der Waals surface area contributed by atoms with Crippen molar-refractivity contribution in [3.8, 4) is 0 Å². The third-order valence-electron chi connectivity index (χ3n) is 4.71. The van der Waals surface area contributed by atoms with Gasteiger partial charge in [0.05, 0.1) is 12.2 Å². The van der Waals surface area contributed by atoms with Gasteiger partial charge in [0.15, 0.2) is 5.03 Å². The Hall–Kier alpha value is -2.04. The van der Waals surface area contributed by atoms with Crippen LogP contribution in [0.3, 0.4) is 0 Å². The van der Waals surface area contributed by atoms with Crippen molar-refractivity contribution in [2.45, 2.75) is 38.8 Å². The molecule has 2 aromatic rings. The third-order valence-corrected chi connectivity index (χ3v) is 4.71. The Labute approximate surface area is 116 Å². The molecule has 2 aliphatic rings. The summed E-state index contributed by atoms with van der Waals surface area (Å²) in [6, 6.07) is 6.48. The van der Waals surface area contributed by atoms with Crippen molar-refractivity contribution < 1.29 is 5.03 Å². The number of rotatable bonds is 1. The summed E-state index contributed by atoms with van der Waals surface area (Å²) in [6.07, 6.45) is 2.97. The quantitative estimate of drug-likeness (QED) is 0.592. The standard InChI is InChI=1S/C15H17N3O2/c1-10-5-6-13-12(9-10)11-3-2-4-14-15(11)16(13)7-8-17(14)18(19)20/h5-6,9,14H,2-4,7-8H2,1H3. The predicted molar refractivity (Wildman–Crippen MR) is 76.1 cm³/mol. The highest BCUT2D eigenvalue weighted by Crippen LogP contribution is 2.42. The molecule has 1 aliphatic heterocycles. The monoisotopic (exact) mass is 271 g/mol. The fourth-order valence-corrected chi connectivity index (χ4v) is 3.90. The summed E-state index contributed by atoms with van der Waals surface area (Å²) in [6.45, 7) is 3.32. The largest absolute Gasteiger partial charge is 0.340 e. The minimum absolute atomic E-state index is 0.0461. The van der Waals surface area contributed by atoms with Crippen LogP contribution in [-0.2, 0) is 13.0 Å². The van der Waals surface area contributed by atoms with Gasteiger partial charge in [-0.3, -0.25) is 0 Å². The molecule has 0 amide bonds. The van der Waals surface area contributed by atoms with Gasteiger partial charge in [-0.25, -0.2) is 10.1 Å². The summed E-state index contributed by atoms with van der Waals surface area (Å²) in [7, 11) is 0. The highest BCUT2D eigenvalue weighted by Gasteiger charge is 2.39. The van der Waals surface area contributed by atoms with Crippen LogP contribution in [-0.4, -0.2) is 21.2 Å². The van der Waals surface area contributed by atoms with Crippen molar-refractivity contribution in [2.75, 3.05) is 6.54 Å². The molecule has 0 bridgehead atoms. The van der Waals surface area contributed by atoms with Crippen LogP contribution in [0, 0.1) is 17.0 Å². The fraction of sp³-hybridized carbons (Fsp3) is 0.467. The summed E-state index contributed by atoms with van der Waals surface area (Å²) >= 11 is 0. The minimum atomic E-state index is -0.216. The molecule has 5 heteroatoms. The third kappa shape index (κ3) is 1.43. The second-order valence-corrected chi connectivity index (χ2v) is 5.84. The number of nitrogens with zero attached hydrogens (tertiary/aromatic N) is 3. The highest BCUT2D eigenvalue weighted by molar-refractivity contribution is 5.87. The van der Waals surface area contributed by atoms with Gasteiger partial charge in [0.2, 0.25) is 0 Å². The summed E-state index contributed by atoms with van der Waals surface area (Å²) in [4.78, 5) is 11.3. The van der Waals surface area contributed by atoms with E-state index in [0.29, 0.717) is 13.1 Å². The maximum atomic E-state index is 11.3. The van der Waals surface area contributed by atoms with E-state index in [4.69, 9.17) is 0 Å². The lowest BCUT2D eigenvalue weighted by Crippen LogP contribution is -2.43. The van der Waals surface area contributed by atoms with Crippen molar-refractivity contribution in [1.82, 2.24) is 9.58 Å². The zero-order valence-corrected chi connectivity index (χ0v) is 11.5. The smallest absolute Gasteiger partial charge is 0.160 e. The SMILES string of the molecule is Cc1ccc2c(c1)c1c3n2CCN([N+](=O)[O-])C3CCC1. The molecule has 0 N–H and O–H groups in total. The first-order valence-electron chi connectivity index (χ1n) is 7.19. The number of hydrazine groups is 1. The van der Waals surface area contributed by atoms with Crippen LogP contribution < -0.4 is 0 Å². The summed E-state index contributed by atoms with van der Waals surface area (Å²) < 4.78 is 2.31. The molecule has 1 aliphatic carbocycles. The summed E-state index contributed by atoms with van der Waals surface area (Å²) in [5, 5.41) is 13.8. The van der Waals surface area contributed by atoms with Gasteiger partial charge >= 0.3 is 0 Å². The van der Waals surface area contributed by atoms with E-state index in [1.54, 1.807) is 0 Å². The van der Waals surface area contributed by atoms with E-state index in [-0.39, 0.29) is 11.1 Å². The molecule has 20 heavy (non-hydrogen) atoms. The lowest BCUT2D eigenvalue weighted by atomic mass is 9.90. The summed E-state index contributed by atoms with van der Waals surface area (Å²) in [5.41, 5.74) is 5.03. The van der Waals surface area contributed by atoms with Gasteiger partial charge in [-0.1, -0.05) is 11.6 Å². The molecule has 5 nitrogen and oxygen atoms in total. The topological polar surface area (TPSA) is 51.3 Å². The van der Waals surface area contributed by atoms with Gasteiger partial charge in [-0.2, -0.15) is 0 Å². The predicted octanol–water partition coefficient (Wildman–Crippen LogP) is 2.83. The Kier molecular flexibility index (Phi) is 2.34. The van der Waals surface area contributed by atoms with Crippen molar-refractivity contribution in [1.29, 1.82) is 0 Å². The fourth-order valence-electron chi connectivity index (χ4n) is 3.90. The van der Waals surface area contributed by atoms with Crippen LogP contribution in [0.2, 0.25) is 0 Å². The Morgan fingerprint density at radius 1 is 1.35 bits per heavy atom. The zero-order chi connectivity index (χ0) is 13.9. The molecule has 0 fully saturated rings. The van der Waals surface area contributed by atoms with E-state index < -0.39 is 0 Å². The van der Waals surface area contributed by atoms with Gasteiger partial charge in [0.1, 0.15) is 6.04 Å². The van der Waals surface area contributed by atoms with Crippen LogP contribution in [0.15, 0.2) is 18.2 Å². The highest BCUT2D eigenvalue weighted by atomic mass is 16.7. The van der Waals surface area contributed by atoms with E-state index in [1.807, 2.05) is 0 Å². The number of aromatic nitrogens is 1. The number of hydrogen-bond donors (Lipinski definition) is 0. The maximum absolute atomic E-state index is 11.3. The van der Waals surface area contributed by atoms with Gasteiger partial charge in [0.25, 0.3) is 0 Å². The van der Waals surface area contributed by atoms with Crippen molar-refractivity contribution in [3.05, 3.63) is 45.1 Å². The molecular formula is C15H17N3O2. The first-order valence-corrected chi connectivity index (χ1v) is 7.19. The molecule has 1 aromatic carbocycles. The molecule has 0 spiro atoms. The summed E-state index contributed by atoms with van der Waals surface area (Å²) in [5.74, 6) is 0. The Balaban J connectivity index is 2.00. The van der Waals surface area contributed by atoms with Gasteiger partial charge in [-0.15, -0.1) is 5.01 Å². The van der Waals surface area contributed by atoms with Crippen LogP contribution in [0.4, 0.5) is 0 Å². The van der Waals surface area contributed by atoms with E-state index >= 15 is 0 Å². The molecule has 1 atom stereocenters. The van der Waals surface area contributed by atoms with Crippen LogP contribution in [0.25, 0.3) is 10.9 Å². The van der Waals surface area contributed by atoms with Crippen molar-refractivity contribution in [3.63, 3.8) is 0 Å².